The average molecular weight is 222 g/mol. The van der Waals surface area contributed by atoms with Gasteiger partial charge in [0.25, 0.3) is 0 Å². The lowest BCUT2D eigenvalue weighted by Crippen LogP contribution is -1.97. The van der Waals surface area contributed by atoms with Crippen LogP contribution in [0.2, 0.25) is 0 Å². The summed E-state index contributed by atoms with van der Waals surface area (Å²) in [5.74, 6) is 0.169. The van der Waals surface area contributed by atoms with Gasteiger partial charge in [-0.3, -0.25) is 4.79 Å². The Morgan fingerprint density at radius 1 is 1.56 bits per heavy atom. The van der Waals surface area contributed by atoms with Gasteiger partial charge in [0.15, 0.2) is 0 Å². The summed E-state index contributed by atoms with van der Waals surface area (Å²) < 4.78 is 9.56. The van der Waals surface area contributed by atoms with Gasteiger partial charge >= 0.3 is 5.97 Å². The second kappa shape index (κ2) is 5.75. The van der Waals surface area contributed by atoms with Gasteiger partial charge in [0, 0.05) is 5.56 Å². The number of anilines is 1. The number of nitrogen functional groups attached to an aromatic ring is 1. The number of pyridine rings is 1. The summed E-state index contributed by atoms with van der Waals surface area (Å²) in [6, 6.07) is 1.72. The van der Waals surface area contributed by atoms with Gasteiger partial charge in [-0.15, -0.1) is 0 Å². The molecule has 0 fully saturated rings. The van der Waals surface area contributed by atoms with Crippen LogP contribution in [-0.4, -0.2) is 25.2 Å². The first-order valence-electron chi connectivity index (χ1n) is 4.70. The van der Waals surface area contributed by atoms with Crippen molar-refractivity contribution in [3.05, 3.63) is 23.9 Å². The quantitative estimate of drug-likeness (QED) is 0.776. The van der Waals surface area contributed by atoms with Crippen LogP contribution in [0.25, 0.3) is 6.08 Å². The minimum atomic E-state index is -0.299. The predicted molar refractivity (Wildman–Crippen MR) is 60.9 cm³/mol. The van der Waals surface area contributed by atoms with E-state index in [9.17, 15) is 4.79 Å². The van der Waals surface area contributed by atoms with Crippen molar-refractivity contribution in [1.29, 1.82) is 0 Å². The molecule has 0 bridgehead atoms. The smallest absolute Gasteiger partial charge is 0.309 e. The zero-order valence-corrected chi connectivity index (χ0v) is 9.27. The van der Waals surface area contributed by atoms with E-state index in [1.165, 1.54) is 20.4 Å². The first kappa shape index (κ1) is 12.0. The highest BCUT2D eigenvalue weighted by Gasteiger charge is 2.02. The first-order chi connectivity index (χ1) is 7.67. The molecule has 0 aromatic carbocycles. The molecule has 0 radical (unpaired) electrons. The monoisotopic (exact) mass is 222 g/mol. The van der Waals surface area contributed by atoms with Crippen molar-refractivity contribution >= 4 is 17.7 Å². The number of hydrogen-bond donors (Lipinski definition) is 1. The molecule has 5 heteroatoms. The summed E-state index contributed by atoms with van der Waals surface area (Å²) in [5.41, 5.74) is 6.86. The summed E-state index contributed by atoms with van der Waals surface area (Å²) in [5, 5.41) is 0. The maximum Gasteiger partial charge on any atom is 0.309 e. The summed E-state index contributed by atoms with van der Waals surface area (Å²) in [7, 11) is 2.87. The van der Waals surface area contributed by atoms with Gasteiger partial charge in [0.2, 0.25) is 5.88 Å². The lowest BCUT2D eigenvalue weighted by Gasteiger charge is -2.03. The highest BCUT2D eigenvalue weighted by atomic mass is 16.5. The number of nitrogens with two attached hydrogens (primary N) is 1. The lowest BCUT2D eigenvalue weighted by molar-refractivity contribution is -0.139. The largest absolute Gasteiger partial charge is 0.481 e. The van der Waals surface area contributed by atoms with Crippen molar-refractivity contribution in [2.45, 2.75) is 6.42 Å². The number of rotatable bonds is 4. The third-order valence-corrected chi connectivity index (χ3v) is 1.90. The van der Waals surface area contributed by atoms with E-state index < -0.39 is 0 Å². The minimum absolute atomic E-state index is 0.203. The zero-order valence-electron chi connectivity index (χ0n) is 9.27. The second-order valence-corrected chi connectivity index (χ2v) is 3.05. The molecule has 1 heterocycles. The van der Waals surface area contributed by atoms with Gasteiger partial charge in [-0.05, 0) is 6.07 Å². The third kappa shape index (κ3) is 3.27. The Morgan fingerprint density at radius 3 is 2.94 bits per heavy atom. The molecule has 0 amide bonds. The van der Waals surface area contributed by atoms with Crippen LogP contribution in [0.15, 0.2) is 18.3 Å². The highest BCUT2D eigenvalue weighted by molar-refractivity contribution is 5.73. The molecule has 0 unspecified atom stereocenters. The molecule has 2 N–H and O–H groups in total. The number of carbonyl (C=O) groups is 1. The number of nitrogens with zero attached hydrogens (tertiary/aromatic N) is 1. The molecule has 1 rings (SSSR count). The predicted octanol–water partition coefficient (Wildman–Crippen LogP) is 1.25. The van der Waals surface area contributed by atoms with Crippen LogP contribution in [0.1, 0.15) is 12.0 Å². The van der Waals surface area contributed by atoms with Crippen LogP contribution < -0.4 is 10.5 Å². The molecule has 0 atom stereocenters. The van der Waals surface area contributed by atoms with Crippen molar-refractivity contribution in [3.63, 3.8) is 0 Å². The second-order valence-electron chi connectivity index (χ2n) is 3.05. The fraction of sp³-hybridized carbons (Fsp3) is 0.273. The molecule has 0 saturated carbocycles. The van der Waals surface area contributed by atoms with Crippen LogP contribution in [0.5, 0.6) is 5.88 Å². The van der Waals surface area contributed by atoms with Gasteiger partial charge in [-0.2, -0.15) is 0 Å². The Bertz CT molecular complexity index is 402. The fourth-order valence-corrected chi connectivity index (χ4v) is 1.14. The minimum Gasteiger partial charge on any atom is -0.481 e. The SMILES string of the molecule is COC(=O)CC=Cc1cc(N)cnc1OC. The van der Waals surface area contributed by atoms with Crippen LogP contribution in [0.3, 0.4) is 0 Å². The van der Waals surface area contributed by atoms with E-state index in [1.54, 1.807) is 18.2 Å². The van der Waals surface area contributed by atoms with Crippen LogP contribution >= 0.6 is 0 Å². The molecule has 0 aliphatic heterocycles. The topological polar surface area (TPSA) is 74.4 Å². The van der Waals surface area contributed by atoms with Crippen molar-refractivity contribution in [1.82, 2.24) is 4.98 Å². The number of aromatic nitrogens is 1. The van der Waals surface area contributed by atoms with Crippen molar-refractivity contribution < 1.29 is 14.3 Å². The Morgan fingerprint density at radius 2 is 2.31 bits per heavy atom. The van der Waals surface area contributed by atoms with Gasteiger partial charge in [-0.1, -0.05) is 12.2 Å². The molecule has 0 spiro atoms. The Balaban J connectivity index is 2.79. The maximum atomic E-state index is 10.9. The molecular formula is C11H14N2O3. The number of hydrogen-bond acceptors (Lipinski definition) is 5. The van der Waals surface area contributed by atoms with Crippen LogP contribution in [-0.2, 0) is 9.53 Å². The molecule has 16 heavy (non-hydrogen) atoms. The first-order valence-corrected chi connectivity index (χ1v) is 4.70. The van der Waals surface area contributed by atoms with Crippen LogP contribution in [0.4, 0.5) is 5.69 Å². The summed E-state index contributed by atoms with van der Waals surface area (Å²) in [4.78, 5) is 14.9. The van der Waals surface area contributed by atoms with E-state index in [0.29, 0.717) is 11.6 Å². The van der Waals surface area contributed by atoms with Crippen LogP contribution in [0, 0.1) is 0 Å². The Hall–Kier alpha value is -2.04. The van der Waals surface area contributed by atoms with E-state index >= 15 is 0 Å². The lowest BCUT2D eigenvalue weighted by atomic mass is 10.2. The van der Waals surface area contributed by atoms with Gasteiger partial charge in [0.05, 0.1) is 32.5 Å². The van der Waals surface area contributed by atoms with Gasteiger partial charge in [0.1, 0.15) is 0 Å². The molecule has 0 aliphatic carbocycles. The zero-order chi connectivity index (χ0) is 12.0. The van der Waals surface area contributed by atoms with E-state index in [-0.39, 0.29) is 12.4 Å². The molecule has 5 nitrogen and oxygen atoms in total. The Kier molecular flexibility index (Phi) is 4.32. The van der Waals surface area contributed by atoms with E-state index in [1.807, 2.05) is 0 Å². The molecular weight excluding hydrogens is 208 g/mol. The average Bonchev–Trinajstić information content (AvgIpc) is 2.29. The number of carbonyl (C=O) groups excluding carboxylic acids is 1. The molecule has 1 aromatic rings. The summed E-state index contributed by atoms with van der Waals surface area (Å²) in [6.45, 7) is 0. The standard InChI is InChI=1S/C11H14N2O3/c1-15-10(14)5-3-4-8-6-9(12)7-13-11(8)16-2/h3-4,6-7H,5,12H2,1-2H3. The molecule has 1 aromatic heterocycles. The Labute approximate surface area is 93.9 Å². The van der Waals surface area contributed by atoms with Crippen molar-refractivity contribution in [3.8, 4) is 5.88 Å². The number of methoxy groups -OCH3 is 2. The molecule has 0 saturated heterocycles. The molecule has 86 valence electrons. The van der Waals surface area contributed by atoms with Crippen molar-refractivity contribution in [2.24, 2.45) is 0 Å². The van der Waals surface area contributed by atoms with E-state index in [2.05, 4.69) is 9.72 Å². The summed E-state index contributed by atoms with van der Waals surface area (Å²) in [6.07, 6.45) is 5.11. The molecule has 0 aliphatic rings. The van der Waals surface area contributed by atoms with E-state index in [4.69, 9.17) is 10.5 Å². The van der Waals surface area contributed by atoms with Crippen molar-refractivity contribution in [2.75, 3.05) is 20.0 Å². The third-order valence-electron chi connectivity index (χ3n) is 1.90. The summed E-state index contributed by atoms with van der Waals surface area (Å²) >= 11 is 0. The number of esters is 1. The van der Waals surface area contributed by atoms with Gasteiger partial charge in [-0.25, -0.2) is 4.98 Å². The number of ether oxygens (including phenoxy) is 2. The highest BCUT2D eigenvalue weighted by Crippen LogP contribution is 2.19. The van der Waals surface area contributed by atoms with E-state index in [0.717, 1.165) is 5.56 Å². The maximum absolute atomic E-state index is 10.9. The fourth-order valence-electron chi connectivity index (χ4n) is 1.14. The van der Waals surface area contributed by atoms with Gasteiger partial charge < -0.3 is 15.2 Å². The normalized spacial score (nSPS) is 10.4.